The Labute approximate surface area is 120 Å². The quantitative estimate of drug-likeness (QED) is 0.641. The van der Waals surface area contributed by atoms with Crippen LogP contribution < -0.4 is 5.32 Å². The van der Waals surface area contributed by atoms with Crippen LogP contribution in [-0.4, -0.2) is 33.5 Å². The van der Waals surface area contributed by atoms with Gasteiger partial charge in [-0.1, -0.05) is 6.42 Å². The fourth-order valence-corrected chi connectivity index (χ4v) is 3.42. The van der Waals surface area contributed by atoms with Gasteiger partial charge in [-0.25, -0.2) is 4.79 Å². The molecule has 6 nitrogen and oxygen atoms in total. The summed E-state index contributed by atoms with van der Waals surface area (Å²) in [7, 11) is 0. The molecule has 108 valence electrons. The summed E-state index contributed by atoms with van der Waals surface area (Å²) in [5.74, 6) is -0.125. The first-order chi connectivity index (χ1) is 9.58. The van der Waals surface area contributed by atoms with Crippen molar-refractivity contribution in [1.29, 1.82) is 0 Å². The third-order valence-corrected chi connectivity index (χ3v) is 4.63. The van der Waals surface area contributed by atoms with E-state index in [9.17, 15) is 14.9 Å². The highest BCUT2D eigenvalue weighted by Crippen LogP contribution is 2.26. The van der Waals surface area contributed by atoms with Gasteiger partial charge in [-0.05, 0) is 30.7 Å². The number of rotatable bonds is 5. The van der Waals surface area contributed by atoms with E-state index in [1.165, 1.54) is 25.0 Å². The standard InChI is InChI=1S/C13H16N2O4S/c16-13(17)11-7-9(4-5-12(11)15(18)19)14-8-10-3-1-2-6-20-10/h4-5,7,10,14H,1-3,6,8H2,(H,16,17). The van der Waals surface area contributed by atoms with Crippen molar-refractivity contribution in [3.63, 3.8) is 0 Å². The van der Waals surface area contributed by atoms with E-state index in [0.29, 0.717) is 10.9 Å². The molecular weight excluding hydrogens is 280 g/mol. The second-order valence-corrected chi connectivity index (χ2v) is 6.07. The summed E-state index contributed by atoms with van der Waals surface area (Å²) in [6.45, 7) is 0.752. The minimum absolute atomic E-state index is 0.281. The summed E-state index contributed by atoms with van der Waals surface area (Å²) in [4.78, 5) is 21.1. The van der Waals surface area contributed by atoms with E-state index in [1.54, 1.807) is 6.07 Å². The molecule has 7 heteroatoms. The Morgan fingerprint density at radius 2 is 2.30 bits per heavy atom. The van der Waals surface area contributed by atoms with Crippen LogP contribution in [0.15, 0.2) is 18.2 Å². The molecule has 1 fully saturated rings. The molecule has 0 spiro atoms. The lowest BCUT2D eigenvalue weighted by Crippen LogP contribution is -2.20. The molecule has 20 heavy (non-hydrogen) atoms. The molecule has 1 atom stereocenters. The molecule has 0 amide bonds. The van der Waals surface area contributed by atoms with E-state index >= 15 is 0 Å². The predicted molar refractivity (Wildman–Crippen MR) is 78.6 cm³/mol. The van der Waals surface area contributed by atoms with Gasteiger partial charge in [0.1, 0.15) is 5.56 Å². The second kappa shape index (κ2) is 6.60. The lowest BCUT2D eigenvalue weighted by atomic mass is 10.1. The van der Waals surface area contributed by atoms with Crippen molar-refractivity contribution in [2.75, 3.05) is 17.6 Å². The Morgan fingerprint density at radius 1 is 1.50 bits per heavy atom. The van der Waals surface area contributed by atoms with Crippen molar-refractivity contribution in [3.8, 4) is 0 Å². The minimum atomic E-state index is -1.28. The van der Waals surface area contributed by atoms with Crippen LogP contribution in [0.2, 0.25) is 0 Å². The minimum Gasteiger partial charge on any atom is -0.477 e. The number of hydrogen-bond donors (Lipinski definition) is 2. The number of nitro benzene ring substituents is 1. The third kappa shape index (κ3) is 3.63. The normalized spacial score (nSPS) is 18.5. The van der Waals surface area contributed by atoms with Crippen LogP contribution in [0.25, 0.3) is 0 Å². The van der Waals surface area contributed by atoms with E-state index < -0.39 is 10.9 Å². The zero-order chi connectivity index (χ0) is 14.5. The Balaban J connectivity index is 2.06. The summed E-state index contributed by atoms with van der Waals surface area (Å²) in [6.07, 6.45) is 3.62. The van der Waals surface area contributed by atoms with Gasteiger partial charge in [0.05, 0.1) is 4.92 Å². The number of benzene rings is 1. The molecule has 0 saturated carbocycles. The van der Waals surface area contributed by atoms with E-state index in [4.69, 9.17) is 5.11 Å². The van der Waals surface area contributed by atoms with Crippen LogP contribution in [0, 0.1) is 10.1 Å². The number of nitro groups is 1. The zero-order valence-electron chi connectivity index (χ0n) is 10.9. The molecule has 2 N–H and O–H groups in total. The largest absolute Gasteiger partial charge is 0.477 e. The van der Waals surface area contributed by atoms with Gasteiger partial charge in [-0.15, -0.1) is 0 Å². The Morgan fingerprint density at radius 3 is 2.90 bits per heavy atom. The van der Waals surface area contributed by atoms with Gasteiger partial charge < -0.3 is 10.4 Å². The molecule has 2 rings (SSSR count). The molecule has 1 aromatic carbocycles. The van der Waals surface area contributed by atoms with Crippen LogP contribution in [0.3, 0.4) is 0 Å². The van der Waals surface area contributed by atoms with Gasteiger partial charge >= 0.3 is 5.97 Å². The van der Waals surface area contributed by atoms with Gasteiger partial charge in [0.25, 0.3) is 5.69 Å². The van der Waals surface area contributed by atoms with Gasteiger partial charge in [0.2, 0.25) is 0 Å². The van der Waals surface area contributed by atoms with Crippen molar-refractivity contribution < 1.29 is 14.8 Å². The fourth-order valence-electron chi connectivity index (χ4n) is 2.18. The van der Waals surface area contributed by atoms with Crippen LogP contribution in [0.1, 0.15) is 29.6 Å². The monoisotopic (exact) mass is 296 g/mol. The molecule has 1 saturated heterocycles. The van der Waals surface area contributed by atoms with E-state index in [1.807, 2.05) is 11.8 Å². The number of nitrogens with one attached hydrogen (secondary N) is 1. The average Bonchev–Trinajstić information content (AvgIpc) is 2.45. The van der Waals surface area contributed by atoms with E-state index in [2.05, 4.69) is 5.32 Å². The summed E-state index contributed by atoms with van der Waals surface area (Å²) in [5, 5.41) is 23.5. The first kappa shape index (κ1) is 14.6. The number of carboxylic acids is 1. The SMILES string of the molecule is O=C(O)c1cc(NCC2CCCCS2)ccc1[N+](=O)[O-]. The molecular formula is C13H16N2O4S. The molecule has 1 aliphatic heterocycles. The van der Waals surface area contributed by atoms with Gasteiger partial charge in [0, 0.05) is 23.5 Å². The number of carboxylic acid groups (broad SMARTS) is 1. The first-order valence-corrected chi connectivity index (χ1v) is 7.50. The van der Waals surface area contributed by atoms with E-state index in [-0.39, 0.29) is 11.3 Å². The molecule has 0 aliphatic carbocycles. The van der Waals surface area contributed by atoms with Crippen LogP contribution >= 0.6 is 11.8 Å². The molecule has 0 radical (unpaired) electrons. The Kier molecular flexibility index (Phi) is 4.84. The fraction of sp³-hybridized carbons (Fsp3) is 0.462. The lowest BCUT2D eigenvalue weighted by molar-refractivity contribution is -0.385. The summed E-state index contributed by atoms with van der Waals surface area (Å²) in [6, 6.07) is 4.12. The number of aromatic carboxylic acids is 1. The number of nitrogens with zero attached hydrogens (tertiary/aromatic N) is 1. The molecule has 1 aromatic rings. The van der Waals surface area contributed by atoms with Crippen molar-refractivity contribution in [1.82, 2.24) is 0 Å². The first-order valence-electron chi connectivity index (χ1n) is 6.45. The predicted octanol–water partition coefficient (Wildman–Crippen LogP) is 2.99. The van der Waals surface area contributed by atoms with Gasteiger partial charge in [-0.3, -0.25) is 10.1 Å². The summed E-state index contributed by atoms with van der Waals surface area (Å²) < 4.78 is 0. The Hall–Kier alpha value is -1.76. The number of hydrogen-bond acceptors (Lipinski definition) is 5. The van der Waals surface area contributed by atoms with Crippen molar-refractivity contribution in [3.05, 3.63) is 33.9 Å². The Bertz CT molecular complexity index is 515. The van der Waals surface area contributed by atoms with Crippen molar-refractivity contribution in [2.45, 2.75) is 24.5 Å². The zero-order valence-corrected chi connectivity index (χ0v) is 11.7. The number of anilines is 1. The lowest BCUT2D eigenvalue weighted by Gasteiger charge is -2.22. The van der Waals surface area contributed by atoms with Crippen LogP contribution in [-0.2, 0) is 0 Å². The van der Waals surface area contributed by atoms with Crippen molar-refractivity contribution in [2.24, 2.45) is 0 Å². The van der Waals surface area contributed by atoms with Gasteiger partial charge in [-0.2, -0.15) is 11.8 Å². The maximum absolute atomic E-state index is 11.0. The van der Waals surface area contributed by atoms with Crippen LogP contribution in [0.4, 0.5) is 11.4 Å². The number of thioether (sulfide) groups is 1. The molecule has 1 heterocycles. The maximum atomic E-state index is 11.0. The molecule has 1 unspecified atom stereocenters. The maximum Gasteiger partial charge on any atom is 0.342 e. The molecule has 0 aromatic heterocycles. The number of carbonyl (C=O) groups is 1. The van der Waals surface area contributed by atoms with Gasteiger partial charge in [0.15, 0.2) is 0 Å². The molecule has 0 bridgehead atoms. The topological polar surface area (TPSA) is 92.5 Å². The molecule has 1 aliphatic rings. The summed E-state index contributed by atoms with van der Waals surface area (Å²) in [5.41, 5.74) is -0.0504. The van der Waals surface area contributed by atoms with Crippen LogP contribution in [0.5, 0.6) is 0 Å². The highest BCUT2D eigenvalue weighted by atomic mass is 32.2. The van der Waals surface area contributed by atoms with E-state index in [0.717, 1.165) is 18.7 Å². The summed E-state index contributed by atoms with van der Waals surface area (Å²) >= 11 is 1.91. The average molecular weight is 296 g/mol. The smallest absolute Gasteiger partial charge is 0.342 e. The van der Waals surface area contributed by atoms with Crippen molar-refractivity contribution >= 4 is 29.1 Å². The third-order valence-electron chi connectivity index (χ3n) is 3.23. The highest BCUT2D eigenvalue weighted by molar-refractivity contribution is 7.99. The second-order valence-electron chi connectivity index (χ2n) is 4.66. The highest BCUT2D eigenvalue weighted by Gasteiger charge is 2.20.